The molecular formula is C11H12O3. The third-order valence-corrected chi connectivity index (χ3v) is 2.33. The minimum Gasteiger partial charge on any atom is -0.493 e. The second kappa shape index (κ2) is 3.25. The predicted molar refractivity (Wildman–Crippen MR) is 55.0 cm³/mol. The highest BCUT2D eigenvalue weighted by molar-refractivity contribution is 5.91. The lowest BCUT2D eigenvalue weighted by Crippen LogP contribution is -2.01. The molecule has 3 nitrogen and oxygen atoms in total. The van der Waals surface area contributed by atoms with Crippen LogP contribution in [0.3, 0.4) is 0 Å². The Bertz CT molecular complexity index is 394. The van der Waals surface area contributed by atoms with Gasteiger partial charge in [0.1, 0.15) is 0 Å². The SMILES string of the molecule is COc1cc2c(c(OC)c1OC)C=C2. The lowest BCUT2D eigenvalue weighted by molar-refractivity contribution is 0.323. The topological polar surface area (TPSA) is 27.7 Å². The zero-order chi connectivity index (χ0) is 10.1. The van der Waals surface area contributed by atoms with Gasteiger partial charge in [-0.15, -0.1) is 0 Å². The van der Waals surface area contributed by atoms with Gasteiger partial charge in [-0.1, -0.05) is 6.08 Å². The average molecular weight is 192 g/mol. The Balaban J connectivity index is 2.61. The molecule has 0 heterocycles. The lowest BCUT2D eigenvalue weighted by atomic mass is 9.96. The minimum absolute atomic E-state index is 0.651. The number of methoxy groups -OCH3 is 3. The van der Waals surface area contributed by atoms with Gasteiger partial charge in [0.25, 0.3) is 0 Å². The zero-order valence-electron chi connectivity index (χ0n) is 8.46. The summed E-state index contributed by atoms with van der Waals surface area (Å²) in [5.74, 6) is 2.09. The normalized spacial score (nSPS) is 11.6. The lowest BCUT2D eigenvalue weighted by Gasteiger charge is -2.20. The van der Waals surface area contributed by atoms with Crippen molar-refractivity contribution in [3.05, 3.63) is 17.2 Å². The fraction of sp³-hybridized carbons (Fsp3) is 0.273. The van der Waals surface area contributed by atoms with E-state index in [0.29, 0.717) is 11.5 Å². The quantitative estimate of drug-likeness (QED) is 0.746. The van der Waals surface area contributed by atoms with Gasteiger partial charge < -0.3 is 14.2 Å². The summed E-state index contributed by atoms with van der Waals surface area (Å²) in [6.45, 7) is 0. The molecule has 3 heteroatoms. The van der Waals surface area contributed by atoms with Crippen LogP contribution in [0.25, 0.3) is 12.2 Å². The van der Waals surface area contributed by atoms with Gasteiger partial charge in [0.2, 0.25) is 5.75 Å². The number of ether oxygens (including phenoxy) is 3. The largest absolute Gasteiger partial charge is 0.493 e. The van der Waals surface area contributed by atoms with E-state index in [2.05, 4.69) is 0 Å². The second-order valence-corrected chi connectivity index (χ2v) is 2.98. The third-order valence-electron chi connectivity index (χ3n) is 2.33. The molecule has 1 aromatic rings. The fourth-order valence-electron chi connectivity index (χ4n) is 1.58. The number of fused-ring (bicyclic) bond motifs is 1. The van der Waals surface area contributed by atoms with E-state index in [4.69, 9.17) is 14.2 Å². The van der Waals surface area contributed by atoms with Gasteiger partial charge >= 0.3 is 0 Å². The van der Waals surface area contributed by atoms with E-state index in [1.165, 1.54) is 0 Å². The van der Waals surface area contributed by atoms with Crippen molar-refractivity contribution in [2.24, 2.45) is 0 Å². The Morgan fingerprint density at radius 2 is 1.57 bits per heavy atom. The summed E-state index contributed by atoms with van der Waals surface area (Å²) in [5, 5.41) is 0. The third kappa shape index (κ3) is 1.05. The maximum absolute atomic E-state index is 5.29. The van der Waals surface area contributed by atoms with Crippen molar-refractivity contribution in [2.75, 3.05) is 21.3 Å². The van der Waals surface area contributed by atoms with Gasteiger partial charge in [0.05, 0.1) is 21.3 Å². The summed E-state index contributed by atoms with van der Waals surface area (Å²) >= 11 is 0. The first-order chi connectivity index (χ1) is 6.81. The highest BCUT2D eigenvalue weighted by Crippen LogP contribution is 2.46. The van der Waals surface area contributed by atoms with Crippen LogP contribution in [0.1, 0.15) is 11.1 Å². The highest BCUT2D eigenvalue weighted by atomic mass is 16.5. The van der Waals surface area contributed by atoms with E-state index < -0.39 is 0 Å². The molecule has 0 radical (unpaired) electrons. The Morgan fingerprint density at radius 3 is 2.00 bits per heavy atom. The molecule has 2 rings (SSSR count). The van der Waals surface area contributed by atoms with E-state index in [9.17, 15) is 0 Å². The molecule has 0 unspecified atom stereocenters. The molecule has 0 N–H and O–H groups in total. The molecular weight excluding hydrogens is 180 g/mol. The molecule has 0 bridgehead atoms. The van der Waals surface area contributed by atoms with Crippen LogP contribution >= 0.6 is 0 Å². The predicted octanol–water partition coefficient (Wildman–Crippen LogP) is 2.20. The Morgan fingerprint density at radius 1 is 0.857 bits per heavy atom. The average Bonchev–Trinajstić information content (AvgIpc) is 2.18. The van der Waals surface area contributed by atoms with E-state index in [1.54, 1.807) is 21.3 Å². The van der Waals surface area contributed by atoms with Crippen molar-refractivity contribution in [3.63, 3.8) is 0 Å². The van der Waals surface area contributed by atoms with Gasteiger partial charge in [-0.2, -0.15) is 0 Å². The van der Waals surface area contributed by atoms with E-state index in [-0.39, 0.29) is 0 Å². The number of hydrogen-bond acceptors (Lipinski definition) is 3. The van der Waals surface area contributed by atoms with Crippen LogP contribution in [0.4, 0.5) is 0 Å². The van der Waals surface area contributed by atoms with Gasteiger partial charge in [-0.3, -0.25) is 0 Å². The first kappa shape index (κ1) is 8.94. The van der Waals surface area contributed by atoms with Crippen LogP contribution < -0.4 is 14.2 Å². The molecule has 0 fully saturated rings. The van der Waals surface area contributed by atoms with Crippen molar-refractivity contribution in [3.8, 4) is 17.2 Å². The summed E-state index contributed by atoms with van der Waals surface area (Å²) in [6.07, 6.45) is 4.01. The van der Waals surface area contributed by atoms with Gasteiger partial charge in [0.15, 0.2) is 11.5 Å². The van der Waals surface area contributed by atoms with Gasteiger partial charge in [-0.05, 0) is 17.7 Å². The summed E-state index contributed by atoms with van der Waals surface area (Å²) in [5.41, 5.74) is 2.20. The molecule has 0 aliphatic heterocycles. The number of benzene rings is 1. The monoisotopic (exact) mass is 192 g/mol. The van der Waals surface area contributed by atoms with Crippen molar-refractivity contribution >= 4 is 12.2 Å². The smallest absolute Gasteiger partial charge is 0.203 e. The minimum atomic E-state index is 0.651. The second-order valence-electron chi connectivity index (χ2n) is 2.98. The molecule has 0 saturated heterocycles. The van der Waals surface area contributed by atoms with Crippen molar-refractivity contribution in [1.82, 2.24) is 0 Å². The molecule has 0 amide bonds. The Labute approximate surface area is 82.9 Å². The van der Waals surface area contributed by atoms with Crippen LogP contribution in [0.15, 0.2) is 6.07 Å². The molecule has 1 aliphatic rings. The van der Waals surface area contributed by atoms with Gasteiger partial charge in [0, 0.05) is 5.56 Å². The Hall–Kier alpha value is -1.64. The van der Waals surface area contributed by atoms with Crippen LogP contribution in [0.2, 0.25) is 0 Å². The van der Waals surface area contributed by atoms with Crippen LogP contribution in [0.5, 0.6) is 17.2 Å². The van der Waals surface area contributed by atoms with Gasteiger partial charge in [-0.25, -0.2) is 0 Å². The number of hydrogen-bond donors (Lipinski definition) is 0. The van der Waals surface area contributed by atoms with E-state index in [1.807, 2.05) is 18.2 Å². The molecule has 0 saturated carbocycles. The molecule has 74 valence electrons. The summed E-state index contributed by atoms with van der Waals surface area (Å²) in [7, 11) is 4.85. The molecule has 1 aromatic carbocycles. The van der Waals surface area contributed by atoms with Crippen molar-refractivity contribution in [2.45, 2.75) is 0 Å². The van der Waals surface area contributed by atoms with Crippen LogP contribution in [0, 0.1) is 0 Å². The fourth-order valence-corrected chi connectivity index (χ4v) is 1.58. The Kier molecular flexibility index (Phi) is 2.08. The van der Waals surface area contributed by atoms with E-state index >= 15 is 0 Å². The molecule has 0 aromatic heterocycles. The molecule has 14 heavy (non-hydrogen) atoms. The van der Waals surface area contributed by atoms with E-state index in [0.717, 1.165) is 16.9 Å². The summed E-state index contributed by atoms with van der Waals surface area (Å²) < 4.78 is 15.7. The first-order valence-corrected chi connectivity index (χ1v) is 4.33. The van der Waals surface area contributed by atoms with Crippen LogP contribution in [-0.4, -0.2) is 21.3 Å². The molecule has 0 spiro atoms. The highest BCUT2D eigenvalue weighted by Gasteiger charge is 2.21. The first-order valence-electron chi connectivity index (χ1n) is 4.33. The summed E-state index contributed by atoms with van der Waals surface area (Å²) in [4.78, 5) is 0. The molecule has 0 atom stereocenters. The zero-order valence-corrected chi connectivity index (χ0v) is 8.46. The standard InChI is InChI=1S/C11H12O3/c1-12-9-6-7-4-5-8(7)10(13-2)11(9)14-3/h4-6H,1-3H3. The van der Waals surface area contributed by atoms with Crippen LogP contribution in [-0.2, 0) is 0 Å². The molecule has 1 aliphatic carbocycles. The number of rotatable bonds is 3. The maximum atomic E-state index is 5.29. The van der Waals surface area contributed by atoms with Crippen molar-refractivity contribution in [1.29, 1.82) is 0 Å². The maximum Gasteiger partial charge on any atom is 0.203 e. The summed E-state index contributed by atoms with van der Waals surface area (Å²) in [6, 6.07) is 1.94. The van der Waals surface area contributed by atoms with Crippen molar-refractivity contribution < 1.29 is 14.2 Å².